The van der Waals surface area contributed by atoms with Crippen LogP contribution in [-0.4, -0.2) is 13.1 Å². The molecule has 1 aromatic carbocycles. The monoisotopic (exact) mass is 260 g/mol. The second-order valence-electron chi connectivity index (χ2n) is 2.64. The predicted molar refractivity (Wildman–Crippen MR) is 57.5 cm³/mol. The molecule has 0 aliphatic carbocycles. The lowest BCUT2D eigenvalue weighted by Gasteiger charge is -2.05. The van der Waals surface area contributed by atoms with Gasteiger partial charge in [-0.1, -0.05) is 0 Å². The maximum Gasteiger partial charge on any atom is 0.339 e. The summed E-state index contributed by atoms with van der Waals surface area (Å²) in [7, 11) is 1.36. The molecule has 0 aliphatic rings. The lowest BCUT2D eigenvalue weighted by molar-refractivity contribution is 0.0599. The Hall–Kier alpha value is -0.480. The SMILES string of the molecule is COC(=O)c1cc(C)cc(S)c1Br. The van der Waals surface area contributed by atoms with Crippen LogP contribution in [0, 0.1) is 6.92 Å². The maximum absolute atomic E-state index is 11.3. The first-order valence-corrected chi connectivity index (χ1v) is 4.87. The zero-order valence-corrected chi connectivity index (χ0v) is 9.78. The molecule has 0 unspecified atom stereocenters. The molecule has 0 amide bonds. The van der Waals surface area contributed by atoms with E-state index in [0.717, 1.165) is 10.5 Å². The molecular formula is C9H9BrO2S. The van der Waals surface area contributed by atoms with E-state index in [1.165, 1.54) is 7.11 Å². The highest BCUT2D eigenvalue weighted by Crippen LogP contribution is 2.26. The fourth-order valence-electron chi connectivity index (χ4n) is 1.01. The van der Waals surface area contributed by atoms with E-state index in [0.29, 0.717) is 10.0 Å². The number of hydrogen-bond donors (Lipinski definition) is 1. The third-order valence-electron chi connectivity index (χ3n) is 1.60. The van der Waals surface area contributed by atoms with Gasteiger partial charge < -0.3 is 4.74 Å². The molecule has 0 saturated heterocycles. The van der Waals surface area contributed by atoms with Gasteiger partial charge >= 0.3 is 5.97 Å². The summed E-state index contributed by atoms with van der Waals surface area (Å²) < 4.78 is 5.30. The third-order valence-corrected chi connectivity index (χ3v) is 3.12. The highest BCUT2D eigenvalue weighted by Gasteiger charge is 2.12. The van der Waals surface area contributed by atoms with Crippen LogP contribution in [0.1, 0.15) is 15.9 Å². The Morgan fingerprint density at radius 3 is 2.69 bits per heavy atom. The van der Waals surface area contributed by atoms with Gasteiger partial charge in [-0.25, -0.2) is 4.79 Å². The van der Waals surface area contributed by atoms with Crippen molar-refractivity contribution in [1.29, 1.82) is 0 Å². The molecule has 2 nitrogen and oxygen atoms in total. The van der Waals surface area contributed by atoms with Crippen molar-refractivity contribution < 1.29 is 9.53 Å². The van der Waals surface area contributed by atoms with Gasteiger partial charge in [0.1, 0.15) is 0 Å². The number of carbonyl (C=O) groups is 1. The second kappa shape index (κ2) is 4.15. The molecule has 0 spiro atoms. The summed E-state index contributed by atoms with van der Waals surface area (Å²) in [6, 6.07) is 3.63. The fraction of sp³-hybridized carbons (Fsp3) is 0.222. The van der Waals surface area contributed by atoms with E-state index in [1.54, 1.807) is 6.07 Å². The number of benzene rings is 1. The van der Waals surface area contributed by atoms with E-state index in [9.17, 15) is 4.79 Å². The molecule has 0 heterocycles. The maximum atomic E-state index is 11.3. The quantitative estimate of drug-likeness (QED) is 0.621. The zero-order valence-electron chi connectivity index (χ0n) is 7.30. The molecule has 1 rings (SSSR count). The minimum atomic E-state index is -0.356. The molecular weight excluding hydrogens is 252 g/mol. The number of rotatable bonds is 1. The van der Waals surface area contributed by atoms with Crippen LogP contribution in [0.4, 0.5) is 0 Å². The summed E-state index contributed by atoms with van der Waals surface area (Å²) in [6.45, 7) is 1.90. The first-order valence-electron chi connectivity index (χ1n) is 3.63. The van der Waals surface area contributed by atoms with Gasteiger partial charge in [-0.3, -0.25) is 0 Å². The van der Waals surface area contributed by atoms with Gasteiger partial charge in [0.25, 0.3) is 0 Å². The van der Waals surface area contributed by atoms with Crippen molar-refractivity contribution in [1.82, 2.24) is 0 Å². The fourth-order valence-corrected chi connectivity index (χ4v) is 1.72. The number of carbonyl (C=O) groups excluding carboxylic acids is 1. The summed E-state index contributed by atoms with van der Waals surface area (Å²) in [5.74, 6) is -0.356. The molecule has 0 saturated carbocycles. The number of aryl methyl sites for hydroxylation is 1. The predicted octanol–water partition coefficient (Wildman–Crippen LogP) is 2.83. The first-order chi connectivity index (χ1) is 6.06. The van der Waals surface area contributed by atoms with E-state index in [4.69, 9.17) is 0 Å². The van der Waals surface area contributed by atoms with Gasteiger partial charge in [-0.15, -0.1) is 12.6 Å². The molecule has 4 heteroatoms. The summed E-state index contributed by atoms with van der Waals surface area (Å²) in [5.41, 5.74) is 1.49. The molecule has 1 aromatic rings. The molecule has 0 radical (unpaired) electrons. The number of esters is 1. The number of hydrogen-bond acceptors (Lipinski definition) is 3. The molecule has 0 bridgehead atoms. The molecule has 0 aliphatic heterocycles. The molecule has 13 heavy (non-hydrogen) atoms. The summed E-state index contributed by atoms with van der Waals surface area (Å²) in [5, 5.41) is 0. The van der Waals surface area contributed by atoms with Crippen molar-refractivity contribution >= 4 is 34.5 Å². The lowest BCUT2D eigenvalue weighted by atomic mass is 10.1. The van der Waals surface area contributed by atoms with Crippen LogP contribution < -0.4 is 0 Å². The molecule has 70 valence electrons. The van der Waals surface area contributed by atoms with Gasteiger partial charge in [0.15, 0.2) is 0 Å². The molecule has 0 fully saturated rings. The van der Waals surface area contributed by atoms with Crippen LogP contribution in [0.3, 0.4) is 0 Å². The Balaban J connectivity index is 3.28. The number of thiol groups is 1. The van der Waals surface area contributed by atoms with Crippen molar-refractivity contribution in [3.8, 4) is 0 Å². The van der Waals surface area contributed by atoms with Crippen LogP contribution in [-0.2, 0) is 4.74 Å². The van der Waals surface area contributed by atoms with Gasteiger partial charge in [-0.05, 0) is 40.5 Å². The average molecular weight is 261 g/mol. The summed E-state index contributed by atoms with van der Waals surface area (Å²) in [6.07, 6.45) is 0. The normalized spacial score (nSPS) is 9.85. The molecule has 0 aromatic heterocycles. The zero-order chi connectivity index (χ0) is 10.0. The smallest absolute Gasteiger partial charge is 0.339 e. The van der Waals surface area contributed by atoms with Gasteiger partial charge in [0.05, 0.1) is 12.7 Å². The Labute approximate surface area is 90.8 Å². The number of halogens is 1. The van der Waals surface area contributed by atoms with Crippen molar-refractivity contribution in [3.63, 3.8) is 0 Å². The Morgan fingerprint density at radius 1 is 1.54 bits per heavy atom. The minimum absolute atomic E-state index is 0.356. The summed E-state index contributed by atoms with van der Waals surface area (Å²) >= 11 is 7.49. The minimum Gasteiger partial charge on any atom is -0.465 e. The topological polar surface area (TPSA) is 26.3 Å². The van der Waals surface area contributed by atoms with Crippen molar-refractivity contribution in [2.75, 3.05) is 7.11 Å². The van der Waals surface area contributed by atoms with E-state index in [-0.39, 0.29) is 5.97 Å². The van der Waals surface area contributed by atoms with E-state index in [2.05, 4.69) is 33.3 Å². The Kier molecular flexibility index (Phi) is 3.39. The largest absolute Gasteiger partial charge is 0.465 e. The van der Waals surface area contributed by atoms with Crippen LogP contribution >= 0.6 is 28.6 Å². The second-order valence-corrected chi connectivity index (χ2v) is 3.91. The molecule has 0 atom stereocenters. The van der Waals surface area contributed by atoms with Crippen molar-refractivity contribution in [2.24, 2.45) is 0 Å². The highest BCUT2D eigenvalue weighted by molar-refractivity contribution is 9.10. The average Bonchev–Trinajstić information content (AvgIpc) is 2.10. The molecule has 0 N–H and O–H groups in total. The Morgan fingerprint density at radius 2 is 2.15 bits per heavy atom. The van der Waals surface area contributed by atoms with Crippen LogP contribution in [0.25, 0.3) is 0 Å². The lowest BCUT2D eigenvalue weighted by Crippen LogP contribution is -2.03. The van der Waals surface area contributed by atoms with Gasteiger partial charge in [-0.2, -0.15) is 0 Å². The standard InChI is InChI=1S/C9H9BrO2S/c1-5-3-6(9(11)12-2)8(10)7(13)4-5/h3-4,13H,1-2H3. The van der Waals surface area contributed by atoms with Crippen LogP contribution in [0.2, 0.25) is 0 Å². The number of ether oxygens (including phenoxy) is 1. The van der Waals surface area contributed by atoms with Gasteiger partial charge in [0.2, 0.25) is 0 Å². The van der Waals surface area contributed by atoms with Crippen molar-refractivity contribution in [2.45, 2.75) is 11.8 Å². The third kappa shape index (κ3) is 2.25. The van der Waals surface area contributed by atoms with Crippen LogP contribution in [0.5, 0.6) is 0 Å². The van der Waals surface area contributed by atoms with E-state index in [1.807, 2.05) is 13.0 Å². The first kappa shape index (κ1) is 10.6. The van der Waals surface area contributed by atoms with E-state index >= 15 is 0 Å². The van der Waals surface area contributed by atoms with Gasteiger partial charge in [0, 0.05) is 9.37 Å². The van der Waals surface area contributed by atoms with Crippen molar-refractivity contribution in [3.05, 3.63) is 27.7 Å². The Bertz CT molecular complexity index is 350. The van der Waals surface area contributed by atoms with Crippen LogP contribution in [0.15, 0.2) is 21.5 Å². The summed E-state index contributed by atoms with van der Waals surface area (Å²) in [4.78, 5) is 12.0. The highest BCUT2D eigenvalue weighted by atomic mass is 79.9. The van der Waals surface area contributed by atoms with E-state index < -0.39 is 0 Å². The number of methoxy groups -OCH3 is 1.